The average Bonchev–Trinajstić information content (AvgIpc) is 3.27. The molecule has 2 fully saturated rings. The van der Waals surface area contributed by atoms with Crippen molar-refractivity contribution < 1.29 is 18.7 Å². The van der Waals surface area contributed by atoms with E-state index in [1.807, 2.05) is 48.5 Å². The number of carbonyl (C=O) groups excluding carboxylic acids is 2. The number of para-hydroxylation sites is 3. The van der Waals surface area contributed by atoms with Gasteiger partial charge in [-0.2, -0.15) is 0 Å². The number of benzene rings is 2. The zero-order valence-corrected chi connectivity index (χ0v) is 19.6. The lowest BCUT2D eigenvalue weighted by molar-refractivity contribution is -0.120. The Labute approximate surface area is 199 Å². The van der Waals surface area contributed by atoms with Crippen molar-refractivity contribution in [2.24, 2.45) is 5.92 Å². The van der Waals surface area contributed by atoms with E-state index in [0.717, 1.165) is 42.5 Å². The molecule has 2 heterocycles. The molecule has 1 saturated carbocycles. The summed E-state index contributed by atoms with van der Waals surface area (Å²) in [6.45, 7) is 2.50. The largest absolute Gasteiger partial charge is 0.495 e. The van der Waals surface area contributed by atoms with Gasteiger partial charge in [0.05, 0.1) is 12.8 Å². The molecule has 1 aliphatic carbocycles. The van der Waals surface area contributed by atoms with Gasteiger partial charge < -0.3 is 24.3 Å². The molecule has 2 amide bonds. The maximum Gasteiger partial charge on any atom is 0.291 e. The van der Waals surface area contributed by atoms with E-state index >= 15 is 0 Å². The van der Waals surface area contributed by atoms with Crippen molar-refractivity contribution in [3.8, 4) is 5.75 Å². The van der Waals surface area contributed by atoms with Crippen LogP contribution in [0.3, 0.4) is 0 Å². The molecule has 0 bridgehead atoms. The number of piperazine rings is 1. The van der Waals surface area contributed by atoms with Crippen LogP contribution in [0.15, 0.2) is 52.9 Å². The topological polar surface area (TPSA) is 75.0 Å². The lowest BCUT2D eigenvalue weighted by Gasteiger charge is -2.36. The molecule has 3 aromatic rings. The Bertz CT molecular complexity index is 1170. The summed E-state index contributed by atoms with van der Waals surface area (Å²) in [5.41, 5.74) is 2.14. The van der Waals surface area contributed by atoms with Crippen LogP contribution < -0.4 is 15.0 Å². The fourth-order valence-electron chi connectivity index (χ4n) is 5.10. The summed E-state index contributed by atoms with van der Waals surface area (Å²) in [6, 6.07) is 15.4. The van der Waals surface area contributed by atoms with E-state index in [9.17, 15) is 9.59 Å². The first kappa shape index (κ1) is 22.3. The molecule has 2 aliphatic rings. The van der Waals surface area contributed by atoms with Crippen molar-refractivity contribution >= 4 is 34.2 Å². The molecule has 1 saturated heterocycles. The molecule has 1 aliphatic heterocycles. The minimum Gasteiger partial charge on any atom is -0.495 e. The van der Waals surface area contributed by atoms with E-state index in [0.29, 0.717) is 37.4 Å². The normalized spacial score (nSPS) is 17.1. The summed E-state index contributed by atoms with van der Waals surface area (Å²) < 4.78 is 11.5. The third-order valence-corrected chi connectivity index (χ3v) is 7.01. The maximum atomic E-state index is 13.6. The second-order valence-electron chi connectivity index (χ2n) is 9.08. The molecule has 1 N–H and O–H groups in total. The van der Waals surface area contributed by atoms with Crippen molar-refractivity contribution in [3.05, 3.63) is 54.3 Å². The molecule has 7 heteroatoms. The molecular formula is C27H31N3O4. The molecule has 1 aromatic heterocycles. The van der Waals surface area contributed by atoms with Gasteiger partial charge in [0.25, 0.3) is 5.91 Å². The van der Waals surface area contributed by atoms with Crippen molar-refractivity contribution in [1.82, 2.24) is 4.90 Å². The molecule has 7 nitrogen and oxygen atoms in total. The lowest BCUT2D eigenvalue weighted by atomic mass is 9.88. The second-order valence-corrected chi connectivity index (χ2v) is 9.08. The molecule has 0 radical (unpaired) electrons. The molecule has 34 heavy (non-hydrogen) atoms. The predicted octanol–water partition coefficient (Wildman–Crippen LogP) is 4.92. The number of fused-ring (bicyclic) bond motifs is 1. The van der Waals surface area contributed by atoms with E-state index in [1.54, 1.807) is 12.0 Å². The Hall–Kier alpha value is -3.48. The van der Waals surface area contributed by atoms with Crippen molar-refractivity contribution in [1.29, 1.82) is 0 Å². The third-order valence-electron chi connectivity index (χ3n) is 7.01. The van der Waals surface area contributed by atoms with Gasteiger partial charge in [-0.1, -0.05) is 43.5 Å². The van der Waals surface area contributed by atoms with Gasteiger partial charge >= 0.3 is 0 Å². The fraction of sp³-hybridized carbons (Fsp3) is 0.407. The van der Waals surface area contributed by atoms with Crippen LogP contribution in [0.5, 0.6) is 5.75 Å². The molecule has 0 unspecified atom stereocenters. The molecule has 0 spiro atoms. The third kappa shape index (κ3) is 4.34. The number of carbonyl (C=O) groups is 2. The van der Waals surface area contributed by atoms with Crippen LogP contribution in [0, 0.1) is 5.92 Å². The van der Waals surface area contributed by atoms with Crippen LogP contribution in [0.25, 0.3) is 11.0 Å². The monoisotopic (exact) mass is 461 g/mol. The fourth-order valence-corrected chi connectivity index (χ4v) is 5.10. The summed E-state index contributed by atoms with van der Waals surface area (Å²) in [5, 5.41) is 3.83. The molecule has 2 aromatic carbocycles. The first-order valence-corrected chi connectivity index (χ1v) is 12.2. The van der Waals surface area contributed by atoms with E-state index in [2.05, 4.69) is 10.2 Å². The molecule has 0 atom stereocenters. The highest BCUT2D eigenvalue weighted by atomic mass is 16.5. The quantitative estimate of drug-likeness (QED) is 0.584. The van der Waals surface area contributed by atoms with Crippen LogP contribution in [-0.2, 0) is 4.79 Å². The van der Waals surface area contributed by atoms with Crippen LogP contribution >= 0.6 is 0 Å². The number of anilines is 2. The van der Waals surface area contributed by atoms with Gasteiger partial charge in [-0.3, -0.25) is 9.59 Å². The van der Waals surface area contributed by atoms with Gasteiger partial charge in [-0.15, -0.1) is 0 Å². The molecule has 178 valence electrons. The van der Waals surface area contributed by atoms with E-state index in [1.165, 1.54) is 6.42 Å². The minimum atomic E-state index is -0.185. The maximum absolute atomic E-state index is 13.6. The highest BCUT2D eigenvalue weighted by molar-refractivity contribution is 6.11. The smallest absolute Gasteiger partial charge is 0.291 e. The van der Waals surface area contributed by atoms with Gasteiger partial charge in [0, 0.05) is 37.5 Å². The first-order chi connectivity index (χ1) is 16.7. The Morgan fingerprint density at radius 1 is 0.941 bits per heavy atom. The number of amides is 2. The van der Waals surface area contributed by atoms with Crippen LogP contribution in [-0.4, -0.2) is 50.0 Å². The average molecular weight is 462 g/mol. The number of nitrogens with zero attached hydrogens (tertiary/aromatic N) is 2. The van der Waals surface area contributed by atoms with Gasteiger partial charge in [0.1, 0.15) is 17.0 Å². The zero-order valence-electron chi connectivity index (χ0n) is 19.6. The van der Waals surface area contributed by atoms with Gasteiger partial charge in [-0.05, 0) is 37.1 Å². The molecular weight excluding hydrogens is 430 g/mol. The van der Waals surface area contributed by atoms with Crippen molar-refractivity contribution in [3.63, 3.8) is 0 Å². The number of nitrogens with one attached hydrogen (secondary N) is 1. The van der Waals surface area contributed by atoms with Crippen LogP contribution in [0.4, 0.5) is 11.4 Å². The Morgan fingerprint density at radius 2 is 1.65 bits per heavy atom. The Balaban J connectivity index is 1.35. The SMILES string of the molecule is COc1ccccc1N1CCN(C(=O)c2oc3ccccc3c2NC(=O)C2CCCCC2)CC1. The first-order valence-electron chi connectivity index (χ1n) is 12.2. The number of ether oxygens (including phenoxy) is 1. The minimum absolute atomic E-state index is 0.00485. The summed E-state index contributed by atoms with van der Waals surface area (Å²) >= 11 is 0. The summed E-state index contributed by atoms with van der Waals surface area (Å²) in [5.74, 6) is 0.842. The van der Waals surface area contributed by atoms with Crippen LogP contribution in [0.2, 0.25) is 0 Å². The zero-order chi connectivity index (χ0) is 23.5. The number of rotatable bonds is 5. The standard InChI is InChI=1S/C27H31N3O4/c1-33-23-14-8-6-12-21(23)29-15-17-30(18-16-29)27(32)25-24(20-11-5-7-13-22(20)34-25)28-26(31)19-9-3-2-4-10-19/h5-8,11-14,19H,2-4,9-10,15-18H2,1H3,(H,28,31). The predicted molar refractivity (Wildman–Crippen MR) is 133 cm³/mol. The lowest BCUT2D eigenvalue weighted by Crippen LogP contribution is -2.49. The number of hydrogen-bond donors (Lipinski definition) is 1. The summed E-state index contributed by atoms with van der Waals surface area (Å²) in [7, 11) is 1.67. The second kappa shape index (κ2) is 9.79. The Kier molecular flexibility index (Phi) is 6.43. The van der Waals surface area contributed by atoms with Crippen molar-refractivity contribution in [2.75, 3.05) is 43.5 Å². The summed E-state index contributed by atoms with van der Waals surface area (Å²) in [6.07, 6.45) is 5.13. The van der Waals surface area contributed by atoms with Crippen LogP contribution in [0.1, 0.15) is 42.7 Å². The van der Waals surface area contributed by atoms with Crippen molar-refractivity contribution in [2.45, 2.75) is 32.1 Å². The highest BCUT2D eigenvalue weighted by Crippen LogP contribution is 2.34. The number of furan rings is 1. The van der Waals surface area contributed by atoms with Gasteiger partial charge in [0.15, 0.2) is 0 Å². The summed E-state index contributed by atoms with van der Waals surface area (Å²) in [4.78, 5) is 30.6. The van der Waals surface area contributed by atoms with Gasteiger partial charge in [0.2, 0.25) is 11.7 Å². The molecule has 5 rings (SSSR count). The number of hydrogen-bond acceptors (Lipinski definition) is 5. The van der Waals surface area contributed by atoms with Gasteiger partial charge in [-0.25, -0.2) is 0 Å². The van der Waals surface area contributed by atoms with E-state index in [4.69, 9.17) is 9.15 Å². The van der Waals surface area contributed by atoms with E-state index < -0.39 is 0 Å². The Morgan fingerprint density at radius 3 is 2.41 bits per heavy atom. The van der Waals surface area contributed by atoms with E-state index in [-0.39, 0.29) is 23.5 Å². The highest BCUT2D eigenvalue weighted by Gasteiger charge is 2.31. The number of methoxy groups -OCH3 is 1.